The standard InChI is InChI=1S/C24H28N2O4/c1-29-21-13-12-18(17-22(21)30-2)16-20(24(28)26-14-8-3-4-9-15-26)25-23(27)19-10-6-5-7-11-19/h5-7,10-13,16-17H,3-4,8-9,14-15H2,1-2H3,(H,25,27)/b20-16+. The fourth-order valence-electron chi connectivity index (χ4n) is 3.49. The lowest BCUT2D eigenvalue weighted by atomic mass is 10.1. The van der Waals surface area contributed by atoms with Crippen LogP contribution in [0.2, 0.25) is 0 Å². The van der Waals surface area contributed by atoms with Crippen molar-refractivity contribution in [3.05, 3.63) is 65.4 Å². The van der Waals surface area contributed by atoms with Crippen LogP contribution in [-0.2, 0) is 4.79 Å². The van der Waals surface area contributed by atoms with E-state index < -0.39 is 0 Å². The Morgan fingerprint density at radius 3 is 2.20 bits per heavy atom. The molecule has 158 valence electrons. The van der Waals surface area contributed by atoms with Gasteiger partial charge in [-0.2, -0.15) is 0 Å². The van der Waals surface area contributed by atoms with Crippen molar-refractivity contribution in [1.82, 2.24) is 10.2 Å². The van der Waals surface area contributed by atoms with Crippen molar-refractivity contribution in [2.75, 3.05) is 27.3 Å². The van der Waals surface area contributed by atoms with Crippen LogP contribution in [0, 0.1) is 0 Å². The number of likely N-dealkylation sites (tertiary alicyclic amines) is 1. The van der Waals surface area contributed by atoms with E-state index in [4.69, 9.17) is 9.47 Å². The van der Waals surface area contributed by atoms with Gasteiger partial charge in [-0.25, -0.2) is 0 Å². The number of amides is 2. The molecule has 2 aromatic rings. The Labute approximate surface area is 177 Å². The zero-order valence-corrected chi connectivity index (χ0v) is 17.5. The van der Waals surface area contributed by atoms with E-state index in [1.807, 2.05) is 17.0 Å². The van der Waals surface area contributed by atoms with Crippen molar-refractivity contribution in [2.24, 2.45) is 0 Å². The Morgan fingerprint density at radius 1 is 0.900 bits per heavy atom. The lowest BCUT2D eigenvalue weighted by molar-refractivity contribution is -0.127. The third-order valence-electron chi connectivity index (χ3n) is 5.13. The summed E-state index contributed by atoms with van der Waals surface area (Å²) < 4.78 is 10.6. The van der Waals surface area contributed by atoms with Crippen molar-refractivity contribution in [1.29, 1.82) is 0 Å². The third-order valence-corrected chi connectivity index (χ3v) is 5.13. The molecule has 0 spiro atoms. The zero-order valence-electron chi connectivity index (χ0n) is 17.5. The lowest BCUT2D eigenvalue weighted by Crippen LogP contribution is -2.39. The van der Waals surface area contributed by atoms with Crippen LogP contribution in [0.1, 0.15) is 41.6 Å². The molecule has 0 aliphatic carbocycles. The van der Waals surface area contributed by atoms with Crippen molar-refractivity contribution in [3.8, 4) is 11.5 Å². The number of hydrogen-bond acceptors (Lipinski definition) is 4. The normalized spacial score (nSPS) is 14.6. The van der Waals surface area contributed by atoms with Crippen LogP contribution in [0.4, 0.5) is 0 Å². The SMILES string of the molecule is COc1ccc(/C=C(/NC(=O)c2ccccc2)C(=O)N2CCCCCC2)cc1OC. The first-order valence-electron chi connectivity index (χ1n) is 10.2. The van der Waals surface area contributed by atoms with E-state index in [1.54, 1.807) is 56.7 Å². The summed E-state index contributed by atoms with van der Waals surface area (Å²) in [5.74, 6) is 0.673. The molecule has 3 rings (SSSR count). The van der Waals surface area contributed by atoms with E-state index in [-0.39, 0.29) is 17.5 Å². The summed E-state index contributed by atoms with van der Waals surface area (Å²) in [5.41, 5.74) is 1.48. The average molecular weight is 408 g/mol. The molecule has 0 unspecified atom stereocenters. The molecule has 2 aromatic carbocycles. The number of methoxy groups -OCH3 is 2. The van der Waals surface area contributed by atoms with Crippen LogP contribution in [0.3, 0.4) is 0 Å². The first-order chi connectivity index (χ1) is 14.6. The highest BCUT2D eigenvalue weighted by atomic mass is 16.5. The molecule has 0 atom stereocenters. The van der Waals surface area contributed by atoms with Gasteiger partial charge in [0.1, 0.15) is 5.70 Å². The molecular formula is C24H28N2O4. The predicted octanol–water partition coefficient (Wildman–Crippen LogP) is 3.88. The minimum absolute atomic E-state index is 0.170. The molecule has 1 heterocycles. The van der Waals surface area contributed by atoms with Crippen LogP contribution >= 0.6 is 0 Å². The molecule has 1 aliphatic heterocycles. The molecule has 2 amide bonds. The average Bonchev–Trinajstić information content (AvgIpc) is 3.08. The number of ether oxygens (including phenoxy) is 2. The predicted molar refractivity (Wildman–Crippen MR) is 116 cm³/mol. The molecule has 30 heavy (non-hydrogen) atoms. The number of benzene rings is 2. The molecule has 6 nitrogen and oxygen atoms in total. The highest BCUT2D eigenvalue weighted by molar-refractivity contribution is 6.05. The second-order valence-corrected chi connectivity index (χ2v) is 7.20. The van der Waals surface area contributed by atoms with E-state index in [1.165, 1.54) is 0 Å². The summed E-state index contributed by atoms with van der Waals surface area (Å²) in [4.78, 5) is 27.9. The Morgan fingerprint density at radius 2 is 1.57 bits per heavy atom. The van der Waals surface area contributed by atoms with Gasteiger partial charge in [-0.15, -0.1) is 0 Å². The summed E-state index contributed by atoms with van der Waals surface area (Å²) in [7, 11) is 3.13. The summed E-state index contributed by atoms with van der Waals surface area (Å²) in [5, 5.41) is 2.82. The van der Waals surface area contributed by atoms with Gasteiger partial charge < -0.3 is 19.7 Å². The van der Waals surface area contributed by atoms with E-state index in [2.05, 4.69) is 5.32 Å². The minimum Gasteiger partial charge on any atom is -0.493 e. The molecule has 0 radical (unpaired) electrons. The fraction of sp³-hybridized carbons (Fsp3) is 0.333. The topological polar surface area (TPSA) is 67.9 Å². The van der Waals surface area contributed by atoms with Gasteiger partial charge in [0.2, 0.25) is 0 Å². The van der Waals surface area contributed by atoms with Gasteiger partial charge in [-0.05, 0) is 48.7 Å². The summed E-state index contributed by atoms with van der Waals surface area (Å²) in [6.45, 7) is 1.40. The molecular weight excluding hydrogens is 380 g/mol. The van der Waals surface area contributed by atoms with E-state index >= 15 is 0 Å². The van der Waals surface area contributed by atoms with Gasteiger partial charge in [-0.1, -0.05) is 37.1 Å². The van der Waals surface area contributed by atoms with Crippen molar-refractivity contribution < 1.29 is 19.1 Å². The van der Waals surface area contributed by atoms with Gasteiger partial charge in [0.15, 0.2) is 11.5 Å². The lowest BCUT2D eigenvalue weighted by Gasteiger charge is -2.22. The maximum Gasteiger partial charge on any atom is 0.270 e. The first kappa shape index (κ1) is 21.4. The van der Waals surface area contributed by atoms with E-state index in [9.17, 15) is 9.59 Å². The van der Waals surface area contributed by atoms with E-state index in [0.717, 1.165) is 31.2 Å². The van der Waals surface area contributed by atoms with Crippen molar-refractivity contribution >= 4 is 17.9 Å². The zero-order chi connectivity index (χ0) is 21.3. The largest absolute Gasteiger partial charge is 0.493 e. The Hall–Kier alpha value is -3.28. The molecule has 6 heteroatoms. The van der Waals surface area contributed by atoms with Crippen LogP contribution < -0.4 is 14.8 Å². The Kier molecular flexibility index (Phi) is 7.49. The second kappa shape index (κ2) is 10.5. The fourth-order valence-corrected chi connectivity index (χ4v) is 3.49. The summed E-state index contributed by atoms with van der Waals surface area (Å²) in [6.07, 6.45) is 5.88. The minimum atomic E-state index is -0.314. The number of carbonyl (C=O) groups is 2. The van der Waals surface area contributed by atoms with Crippen LogP contribution in [-0.4, -0.2) is 44.0 Å². The molecule has 0 bridgehead atoms. The number of hydrogen-bond donors (Lipinski definition) is 1. The first-order valence-corrected chi connectivity index (χ1v) is 10.2. The monoisotopic (exact) mass is 408 g/mol. The van der Waals surface area contributed by atoms with E-state index in [0.29, 0.717) is 30.2 Å². The van der Waals surface area contributed by atoms with Crippen molar-refractivity contribution in [3.63, 3.8) is 0 Å². The molecule has 1 saturated heterocycles. The van der Waals surface area contributed by atoms with Gasteiger partial charge >= 0.3 is 0 Å². The summed E-state index contributed by atoms with van der Waals surface area (Å²) in [6, 6.07) is 14.3. The van der Waals surface area contributed by atoms with Crippen molar-refractivity contribution in [2.45, 2.75) is 25.7 Å². The number of carbonyl (C=O) groups excluding carboxylic acids is 2. The molecule has 0 aromatic heterocycles. The molecule has 1 aliphatic rings. The molecule has 0 saturated carbocycles. The van der Waals surface area contributed by atoms with Gasteiger partial charge in [0.05, 0.1) is 14.2 Å². The second-order valence-electron chi connectivity index (χ2n) is 7.20. The molecule has 1 fully saturated rings. The van der Waals surface area contributed by atoms with Gasteiger partial charge in [0, 0.05) is 18.7 Å². The smallest absolute Gasteiger partial charge is 0.270 e. The number of nitrogens with zero attached hydrogens (tertiary/aromatic N) is 1. The maximum atomic E-state index is 13.3. The highest BCUT2D eigenvalue weighted by Gasteiger charge is 2.22. The molecule has 1 N–H and O–H groups in total. The number of nitrogens with one attached hydrogen (secondary N) is 1. The third kappa shape index (κ3) is 5.41. The van der Waals surface area contributed by atoms with Crippen LogP contribution in [0.25, 0.3) is 6.08 Å². The van der Waals surface area contributed by atoms with Gasteiger partial charge in [-0.3, -0.25) is 9.59 Å². The Bertz CT molecular complexity index is 901. The Balaban J connectivity index is 1.92. The van der Waals surface area contributed by atoms with Crippen LogP contribution in [0.5, 0.6) is 11.5 Å². The summed E-state index contributed by atoms with van der Waals surface area (Å²) >= 11 is 0. The maximum absolute atomic E-state index is 13.3. The number of rotatable bonds is 6. The van der Waals surface area contributed by atoms with Crippen LogP contribution in [0.15, 0.2) is 54.2 Å². The van der Waals surface area contributed by atoms with Gasteiger partial charge in [0.25, 0.3) is 11.8 Å². The quantitative estimate of drug-likeness (QED) is 0.737. The highest BCUT2D eigenvalue weighted by Crippen LogP contribution is 2.28.